The molecule has 1 aromatic rings. The van der Waals surface area contributed by atoms with Crippen molar-refractivity contribution < 1.29 is 61.0 Å². The second-order valence-electron chi connectivity index (χ2n) is 4.65. The van der Waals surface area contributed by atoms with Crippen LogP contribution in [0.15, 0.2) is 18.2 Å². The van der Waals surface area contributed by atoms with Crippen molar-refractivity contribution in [1.29, 1.82) is 0 Å². The molecule has 7 heteroatoms. The molecular weight excluding hydrogens is 280 g/mol. The molecular formula is C13H15BKN3O2-. The largest absolute Gasteiger partial charge is 1.00 e. The Morgan fingerprint density at radius 2 is 1.90 bits per heavy atom. The molecule has 0 fully saturated rings. The molecule has 3 radical (unpaired) electrons. The van der Waals surface area contributed by atoms with E-state index in [0.717, 1.165) is 11.1 Å². The maximum absolute atomic E-state index is 11.3. The summed E-state index contributed by atoms with van der Waals surface area (Å²) in [6, 6.07) is 5.20. The first-order valence-electron chi connectivity index (χ1n) is 5.66. The fraction of sp³-hybridized carbons (Fsp3) is 0.308. The molecule has 2 rings (SSSR count). The number of fused-ring (bicyclic) bond motifs is 1. The predicted molar refractivity (Wildman–Crippen MR) is 74.8 cm³/mol. The second kappa shape index (κ2) is 7.61. The third-order valence-electron chi connectivity index (χ3n) is 3.23. The van der Waals surface area contributed by atoms with Gasteiger partial charge in [-0.05, 0) is 36.1 Å². The molecule has 1 aliphatic carbocycles. The van der Waals surface area contributed by atoms with Gasteiger partial charge in [-0.1, -0.05) is 6.07 Å². The Morgan fingerprint density at radius 3 is 2.45 bits per heavy atom. The van der Waals surface area contributed by atoms with E-state index in [1.807, 2.05) is 12.1 Å². The Labute approximate surface area is 163 Å². The van der Waals surface area contributed by atoms with Crippen LogP contribution in [0.3, 0.4) is 0 Å². The molecule has 1 aromatic carbocycles. The van der Waals surface area contributed by atoms with Crippen molar-refractivity contribution in [3.05, 3.63) is 42.0 Å². The Balaban J connectivity index is 0.00000180. The average molecular weight is 295 g/mol. The van der Waals surface area contributed by atoms with Crippen LogP contribution in [0.5, 0.6) is 0 Å². The molecule has 0 saturated carbocycles. The molecule has 1 unspecified atom stereocenters. The Morgan fingerprint density at radius 1 is 1.30 bits per heavy atom. The molecule has 0 saturated heterocycles. The summed E-state index contributed by atoms with van der Waals surface area (Å²) in [6.45, 7) is 3.85. The Hall–Kier alpha value is -0.339. The Kier molecular flexibility index (Phi) is 7.48. The molecule has 0 bridgehead atoms. The molecule has 99 valence electrons. The smallest absolute Gasteiger partial charge is 0.670 e. The topological polar surface area (TPSA) is 82.0 Å². The second-order valence-corrected chi connectivity index (χ2v) is 4.65. The van der Waals surface area contributed by atoms with E-state index in [4.69, 9.17) is 5.73 Å². The molecule has 0 aromatic heterocycles. The van der Waals surface area contributed by atoms with Gasteiger partial charge in [0.25, 0.3) is 0 Å². The van der Waals surface area contributed by atoms with Gasteiger partial charge in [0.05, 0.1) is 0 Å². The monoisotopic (exact) mass is 295 g/mol. The molecule has 5 nitrogen and oxygen atoms in total. The van der Waals surface area contributed by atoms with E-state index in [0.29, 0.717) is 18.5 Å². The zero-order chi connectivity index (χ0) is 13.3. The van der Waals surface area contributed by atoms with Crippen LogP contribution in [0.4, 0.5) is 10.5 Å². The molecule has 0 heterocycles. The van der Waals surface area contributed by atoms with E-state index in [2.05, 4.69) is 17.6 Å². The van der Waals surface area contributed by atoms with E-state index in [1.54, 1.807) is 13.1 Å². The van der Waals surface area contributed by atoms with Gasteiger partial charge in [-0.15, -0.1) is 5.41 Å². The molecule has 20 heavy (non-hydrogen) atoms. The van der Waals surface area contributed by atoms with Crippen LogP contribution in [0.25, 0.3) is 5.73 Å². The van der Waals surface area contributed by atoms with E-state index < -0.39 is 11.3 Å². The minimum absolute atomic E-state index is 0. The van der Waals surface area contributed by atoms with Crippen molar-refractivity contribution in [2.75, 3.05) is 12.4 Å². The van der Waals surface area contributed by atoms with Gasteiger partial charge >= 0.3 is 57.4 Å². The number of urea groups is 1. The van der Waals surface area contributed by atoms with Crippen molar-refractivity contribution >= 4 is 26.0 Å². The summed E-state index contributed by atoms with van der Waals surface area (Å²) in [4.78, 5) is 22.5. The van der Waals surface area contributed by atoms with Crippen molar-refractivity contribution in [2.24, 2.45) is 5.41 Å². The maximum atomic E-state index is 11.3. The molecule has 3 N–H and O–H groups in total. The first kappa shape index (κ1) is 19.7. The number of nitrogens with one attached hydrogen (secondary N) is 3. The van der Waals surface area contributed by atoms with E-state index in [1.165, 1.54) is 0 Å². The summed E-state index contributed by atoms with van der Waals surface area (Å²) < 4.78 is 0. The SMILES string of the molecule is [B].[CH2-]C1(C([NH-])=O)Cc2ccc(NC(=O)NC)cc2C1.[K+]. The van der Waals surface area contributed by atoms with Gasteiger partial charge in [0.2, 0.25) is 0 Å². The van der Waals surface area contributed by atoms with E-state index in [-0.39, 0.29) is 65.8 Å². The van der Waals surface area contributed by atoms with E-state index >= 15 is 0 Å². The quantitative estimate of drug-likeness (QED) is 0.517. The van der Waals surface area contributed by atoms with Crippen LogP contribution in [0, 0.1) is 12.3 Å². The minimum atomic E-state index is -0.867. The zero-order valence-corrected chi connectivity index (χ0v) is 14.9. The summed E-state index contributed by atoms with van der Waals surface area (Å²) in [6.07, 6.45) is 0.943. The van der Waals surface area contributed by atoms with Gasteiger partial charge in [-0.3, -0.25) is 0 Å². The van der Waals surface area contributed by atoms with Gasteiger partial charge < -0.3 is 28.1 Å². The predicted octanol–water partition coefficient (Wildman–Crippen LogP) is -1.44. The first-order chi connectivity index (χ1) is 8.44. The number of hydrogen-bond acceptors (Lipinski definition) is 2. The van der Waals surface area contributed by atoms with Gasteiger partial charge in [-0.25, -0.2) is 4.79 Å². The number of rotatable bonds is 2. The number of anilines is 1. The first-order valence-corrected chi connectivity index (χ1v) is 5.66. The van der Waals surface area contributed by atoms with Crippen LogP contribution in [-0.4, -0.2) is 27.4 Å². The third-order valence-corrected chi connectivity index (χ3v) is 3.23. The van der Waals surface area contributed by atoms with Crippen LogP contribution in [0.1, 0.15) is 11.1 Å². The number of carbonyl (C=O) groups excluding carboxylic acids is 2. The molecule has 0 aliphatic heterocycles. The fourth-order valence-corrected chi connectivity index (χ4v) is 2.19. The van der Waals surface area contributed by atoms with Crippen LogP contribution >= 0.6 is 0 Å². The molecule has 1 atom stereocenters. The summed E-state index contributed by atoms with van der Waals surface area (Å²) in [5.41, 5.74) is 9.06. The van der Waals surface area contributed by atoms with Gasteiger partial charge in [0, 0.05) is 27.1 Å². The third kappa shape index (κ3) is 4.08. The minimum Gasteiger partial charge on any atom is -0.670 e. The van der Waals surface area contributed by atoms with Gasteiger partial charge in [0.15, 0.2) is 0 Å². The number of benzene rings is 1. The van der Waals surface area contributed by atoms with Crippen molar-refractivity contribution in [1.82, 2.24) is 5.32 Å². The maximum Gasteiger partial charge on any atom is 1.00 e. The van der Waals surface area contributed by atoms with E-state index in [9.17, 15) is 9.59 Å². The standard InChI is InChI=1S/C13H16N3O2.B.K/c1-13(11(14)17)6-8-3-4-10(5-9(8)7-13)16-12(18)15-2;;/h3-5H,1,6-7H2,2H3,(H4,14,15,16,17,18);;/q-1;;+1/p-1. The van der Waals surface area contributed by atoms with Crippen molar-refractivity contribution in [2.45, 2.75) is 12.8 Å². The molecule has 3 amide bonds. The average Bonchev–Trinajstić information content (AvgIpc) is 2.66. The van der Waals surface area contributed by atoms with Gasteiger partial charge in [-0.2, -0.15) is 0 Å². The Bertz CT molecular complexity index is 524. The summed E-state index contributed by atoms with van der Waals surface area (Å²) >= 11 is 0. The molecule has 1 aliphatic rings. The zero-order valence-electron chi connectivity index (χ0n) is 11.7. The summed E-state index contributed by atoms with van der Waals surface area (Å²) in [7, 11) is 1.54. The number of hydrogen-bond donors (Lipinski definition) is 2. The van der Waals surface area contributed by atoms with Crippen LogP contribution in [-0.2, 0) is 17.6 Å². The van der Waals surface area contributed by atoms with Gasteiger partial charge in [0.1, 0.15) is 0 Å². The summed E-state index contributed by atoms with van der Waals surface area (Å²) in [5, 5.41) is 5.14. The summed E-state index contributed by atoms with van der Waals surface area (Å²) in [5.74, 6) is -0.639. The number of carbonyl (C=O) groups is 2. The van der Waals surface area contributed by atoms with Crippen molar-refractivity contribution in [3.8, 4) is 0 Å². The fourth-order valence-electron chi connectivity index (χ4n) is 2.19. The van der Waals surface area contributed by atoms with Crippen LogP contribution < -0.4 is 62.0 Å². The normalized spacial score (nSPS) is 19.1. The van der Waals surface area contributed by atoms with Crippen LogP contribution in [0.2, 0.25) is 0 Å². The number of amides is 3. The van der Waals surface area contributed by atoms with Crippen molar-refractivity contribution in [3.63, 3.8) is 0 Å². The molecule has 0 spiro atoms.